The fourth-order valence-corrected chi connectivity index (χ4v) is 6.40. The number of ether oxygens (including phenoxy) is 1. The smallest absolute Gasteiger partial charge is 0.306 e. The molecule has 1 saturated heterocycles. The lowest BCUT2D eigenvalue weighted by Crippen LogP contribution is -2.62. The van der Waals surface area contributed by atoms with Gasteiger partial charge in [0.1, 0.15) is 6.10 Å². The largest absolute Gasteiger partial charge is 0.461 e. The highest BCUT2D eigenvalue weighted by Crippen LogP contribution is 2.69. The van der Waals surface area contributed by atoms with Crippen molar-refractivity contribution < 1.29 is 9.53 Å². The summed E-state index contributed by atoms with van der Waals surface area (Å²) in [6.45, 7) is 0. The van der Waals surface area contributed by atoms with Gasteiger partial charge < -0.3 is 4.74 Å². The lowest BCUT2D eigenvalue weighted by molar-refractivity contribution is -0.164. The van der Waals surface area contributed by atoms with E-state index in [1.165, 1.54) is 37.7 Å². The van der Waals surface area contributed by atoms with Crippen LogP contribution in [0.15, 0.2) is 30.3 Å². The van der Waals surface area contributed by atoms with Crippen LogP contribution in [-0.2, 0) is 14.9 Å². The lowest BCUT2D eigenvalue weighted by Gasteiger charge is -2.63. The Morgan fingerprint density at radius 2 is 1.70 bits per heavy atom. The minimum absolute atomic E-state index is 0.0542. The lowest BCUT2D eigenvalue weighted by atomic mass is 9.41. The van der Waals surface area contributed by atoms with Gasteiger partial charge in [-0.3, -0.25) is 4.79 Å². The maximum atomic E-state index is 12.0. The molecule has 1 aliphatic heterocycles. The zero-order chi connectivity index (χ0) is 13.4. The Morgan fingerprint density at radius 1 is 1.00 bits per heavy atom. The normalized spacial score (nSPS) is 48.2. The Kier molecular flexibility index (Phi) is 1.97. The van der Waals surface area contributed by atoms with E-state index < -0.39 is 0 Å². The van der Waals surface area contributed by atoms with E-state index in [4.69, 9.17) is 4.74 Å². The van der Waals surface area contributed by atoms with Gasteiger partial charge in [-0.25, -0.2) is 0 Å². The highest BCUT2D eigenvalue weighted by Gasteiger charge is 2.68. The van der Waals surface area contributed by atoms with Crippen LogP contribution in [0, 0.1) is 17.3 Å². The third kappa shape index (κ3) is 1.23. The van der Waals surface area contributed by atoms with Crippen LogP contribution in [0.2, 0.25) is 0 Å². The van der Waals surface area contributed by atoms with Crippen LogP contribution in [0.25, 0.3) is 0 Å². The fraction of sp³-hybridized carbons (Fsp3) is 0.611. The molecule has 1 spiro atoms. The van der Waals surface area contributed by atoms with Crippen molar-refractivity contribution in [1.82, 2.24) is 0 Å². The Balaban J connectivity index is 1.70. The van der Waals surface area contributed by atoms with E-state index in [9.17, 15) is 4.79 Å². The maximum Gasteiger partial charge on any atom is 0.306 e. The van der Waals surface area contributed by atoms with Gasteiger partial charge in [0.25, 0.3) is 0 Å². The van der Waals surface area contributed by atoms with Gasteiger partial charge in [0.15, 0.2) is 0 Å². The molecule has 4 saturated carbocycles. The van der Waals surface area contributed by atoms with E-state index >= 15 is 0 Å². The topological polar surface area (TPSA) is 26.3 Å². The average molecular weight is 268 g/mol. The molecule has 104 valence electrons. The summed E-state index contributed by atoms with van der Waals surface area (Å²) in [7, 11) is 0. The van der Waals surface area contributed by atoms with Crippen LogP contribution in [0.3, 0.4) is 0 Å². The molecule has 1 aromatic carbocycles. The Labute approximate surface area is 119 Å². The molecule has 1 aromatic rings. The van der Waals surface area contributed by atoms with Crippen molar-refractivity contribution >= 4 is 5.97 Å². The summed E-state index contributed by atoms with van der Waals surface area (Å²) >= 11 is 0. The van der Waals surface area contributed by atoms with Gasteiger partial charge in [-0.1, -0.05) is 30.3 Å². The molecule has 5 aliphatic rings. The minimum Gasteiger partial charge on any atom is -0.461 e. The number of esters is 1. The van der Waals surface area contributed by atoms with Crippen LogP contribution < -0.4 is 0 Å². The van der Waals surface area contributed by atoms with Crippen molar-refractivity contribution in [3.05, 3.63) is 35.9 Å². The standard InChI is InChI=1S/C18H20O2/c19-15-11-17-7-12-6-13(8-17)10-18(9-12,16(17)20-15)14-4-2-1-3-5-14/h1-5,12-13,16H,6-11H2/t12?,13?,16-,17?,18?/m0/s1. The second-order valence-corrected chi connectivity index (χ2v) is 7.72. The molecular formula is C18H20O2. The molecule has 6 rings (SSSR count). The van der Waals surface area contributed by atoms with Crippen molar-refractivity contribution in [3.63, 3.8) is 0 Å². The van der Waals surface area contributed by atoms with Crippen LogP contribution in [-0.4, -0.2) is 12.1 Å². The first-order valence-electron chi connectivity index (χ1n) is 7.95. The number of carbonyl (C=O) groups is 1. The zero-order valence-corrected chi connectivity index (χ0v) is 11.7. The van der Waals surface area contributed by atoms with E-state index in [1.54, 1.807) is 0 Å². The summed E-state index contributed by atoms with van der Waals surface area (Å²) in [5.41, 5.74) is 1.72. The summed E-state index contributed by atoms with van der Waals surface area (Å²) in [5.74, 6) is 1.68. The Bertz CT molecular complexity index is 562. The number of carbonyl (C=O) groups excluding carboxylic acids is 1. The highest BCUT2D eigenvalue weighted by atomic mass is 16.6. The van der Waals surface area contributed by atoms with E-state index in [0.717, 1.165) is 11.8 Å². The van der Waals surface area contributed by atoms with E-state index in [2.05, 4.69) is 30.3 Å². The van der Waals surface area contributed by atoms with Crippen molar-refractivity contribution in [2.24, 2.45) is 17.3 Å². The summed E-state index contributed by atoms with van der Waals surface area (Å²) < 4.78 is 5.91. The molecular weight excluding hydrogens is 248 g/mol. The predicted molar refractivity (Wildman–Crippen MR) is 75.1 cm³/mol. The average Bonchev–Trinajstić information content (AvgIpc) is 2.75. The van der Waals surface area contributed by atoms with Crippen LogP contribution in [0.1, 0.15) is 44.1 Å². The van der Waals surface area contributed by atoms with Gasteiger partial charge in [-0.05, 0) is 49.5 Å². The molecule has 2 unspecified atom stereocenters. The highest BCUT2D eigenvalue weighted by molar-refractivity contribution is 5.74. The Morgan fingerprint density at radius 3 is 2.40 bits per heavy atom. The minimum atomic E-state index is 0.0542. The second-order valence-electron chi connectivity index (χ2n) is 7.72. The van der Waals surface area contributed by atoms with Gasteiger partial charge in [0.05, 0.1) is 6.42 Å². The van der Waals surface area contributed by atoms with E-state index in [-0.39, 0.29) is 22.9 Å². The van der Waals surface area contributed by atoms with Crippen molar-refractivity contribution in [3.8, 4) is 0 Å². The number of hydrogen-bond acceptors (Lipinski definition) is 2. The number of hydrogen-bond donors (Lipinski definition) is 0. The number of benzene rings is 1. The van der Waals surface area contributed by atoms with Gasteiger partial charge >= 0.3 is 5.97 Å². The first kappa shape index (κ1) is 11.4. The first-order chi connectivity index (χ1) is 9.70. The van der Waals surface area contributed by atoms with Crippen LogP contribution in [0.4, 0.5) is 0 Å². The molecule has 1 heterocycles. The summed E-state index contributed by atoms with van der Waals surface area (Å²) in [6.07, 6.45) is 7.14. The molecule has 3 atom stereocenters. The molecule has 0 aromatic heterocycles. The van der Waals surface area contributed by atoms with Crippen LogP contribution >= 0.6 is 0 Å². The van der Waals surface area contributed by atoms with Gasteiger partial charge in [0, 0.05) is 10.8 Å². The summed E-state index contributed by atoms with van der Waals surface area (Å²) in [5, 5.41) is 0. The predicted octanol–water partition coefficient (Wildman–Crippen LogP) is 3.45. The molecule has 2 heteroatoms. The quantitative estimate of drug-likeness (QED) is 0.729. The third-order valence-electron chi connectivity index (χ3n) is 6.52. The fourth-order valence-electron chi connectivity index (χ4n) is 6.40. The monoisotopic (exact) mass is 268 g/mol. The molecule has 0 N–H and O–H groups in total. The summed E-state index contributed by atoms with van der Waals surface area (Å²) in [6, 6.07) is 10.9. The van der Waals surface area contributed by atoms with Crippen LogP contribution in [0.5, 0.6) is 0 Å². The van der Waals surface area contributed by atoms with Gasteiger partial charge in [0.2, 0.25) is 0 Å². The molecule has 4 bridgehead atoms. The molecule has 4 aliphatic carbocycles. The van der Waals surface area contributed by atoms with E-state index in [0.29, 0.717) is 6.42 Å². The van der Waals surface area contributed by atoms with Gasteiger partial charge in [-0.15, -0.1) is 0 Å². The van der Waals surface area contributed by atoms with Crippen molar-refractivity contribution in [2.45, 2.75) is 50.0 Å². The van der Waals surface area contributed by atoms with Crippen molar-refractivity contribution in [2.75, 3.05) is 0 Å². The Hall–Kier alpha value is -1.31. The SMILES string of the molecule is O=C1CC23CC4CC(C2)CC(c2ccccc2)(C4)[C@H]3O1. The zero-order valence-electron chi connectivity index (χ0n) is 11.7. The molecule has 0 amide bonds. The maximum absolute atomic E-state index is 12.0. The third-order valence-corrected chi connectivity index (χ3v) is 6.52. The van der Waals surface area contributed by atoms with Gasteiger partial charge in [-0.2, -0.15) is 0 Å². The molecule has 20 heavy (non-hydrogen) atoms. The first-order valence-corrected chi connectivity index (χ1v) is 7.95. The molecule has 0 radical (unpaired) electrons. The molecule has 2 nitrogen and oxygen atoms in total. The number of rotatable bonds is 1. The summed E-state index contributed by atoms with van der Waals surface area (Å²) in [4.78, 5) is 12.0. The van der Waals surface area contributed by atoms with E-state index in [1.807, 2.05) is 0 Å². The second kappa shape index (κ2) is 3.47. The van der Waals surface area contributed by atoms with Crippen molar-refractivity contribution in [1.29, 1.82) is 0 Å². The molecule has 5 fully saturated rings.